The van der Waals surface area contributed by atoms with Gasteiger partial charge in [0.05, 0.1) is 19.1 Å². The number of hydrogen-bond donors (Lipinski definition) is 1. The number of hydrogen-bond acceptors (Lipinski definition) is 4. The predicted octanol–water partition coefficient (Wildman–Crippen LogP) is 3.03. The van der Waals surface area contributed by atoms with Crippen molar-refractivity contribution in [2.45, 2.75) is 45.6 Å². The van der Waals surface area contributed by atoms with E-state index >= 15 is 0 Å². The van der Waals surface area contributed by atoms with Crippen molar-refractivity contribution in [3.63, 3.8) is 0 Å². The zero-order chi connectivity index (χ0) is 13.1. The molecule has 1 unspecified atom stereocenters. The molecule has 1 aromatic heterocycles. The molecule has 0 aromatic carbocycles. The van der Waals surface area contributed by atoms with Crippen LogP contribution in [0.3, 0.4) is 0 Å². The summed E-state index contributed by atoms with van der Waals surface area (Å²) in [6.07, 6.45) is -0.729. The van der Waals surface area contributed by atoms with Gasteiger partial charge in [-0.2, -0.15) is 0 Å². The molecule has 1 heterocycles. The molecule has 0 radical (unpaired) electrons. The first-order valence-electron chi connectivity index (χ1n) is 5.78. The molecule has 0 bridgehead atoms. The molecule has 0 saturated carbocycles. The van der Waals surface area contributed by atoms with E-state index in [9.17, 15) is 9.90 Å². The van der Waals surface area contributed by atoms with Crippen LogP contribution in [-0.4, -0.2) is 17.7 Å². The molecule has 96 valence electrons. The lowest BCUT2D eigenvalue weighted by Crippen LogP contribution is -2.09. The largest absolute Gasteiger partial charge is 0.466 e. The second-order valence-electron chi connectivity index (χ2n) is 4.98. The Labute approximate surface area is 106 Å². The summed E-state index contributed by atoms with van der Waals surface area (Å²) in [7, 11) is 0. The third kappa shape index (κ3) is 4.13. The number of ether oxygens (including phenoxy) is 1. The predicted molar refractivity (Wildman–Crippen MR) is 69.2 cm³/mol. The molecule has 0 amide bonds. The van der Waals surface area contributed by atoms with E-state index in [0.717, 1.165) is 4.88 Å². The van der Waals surface area contributed by atoms with Crippen molar-refractivity contribution in [3.8, 4) is 0 Å². The minimum atomic E-state index is -0.754. The molecule has 17 heavy (non-hydrogen) atoms. The van der Waals surface area contributed by atoms with Crippen LogP contribution in [-0.2, 0) is 14.9 Å². The van der Waals surface area contributed by atoms with E-state index in [-0.39, 0.29) is 17.8 Å². The number of thiophene rings is 1. The van der Waals surface area contributed by atoms with Crippen LogP contribution in [0.25, 0.3) is 0 Å². The van der Waals surface area contributed by atoms with Crippen molar-refractivity contribution in [2.75, 3.05) is 6.61 Å². The Kier molecular flexibility index (Phi) is 4.71. The summed E-state index contributed by atoms with van der Waals surface area (Å²) in [4.78, 5) is 13.3. The van der Waals surface area contributed by atoms with E-state index in [1.165, 1.54) is 4.88 Å². The van der Waals surface area contributed by atoms with Crippen LogP contribution in [0.4, 0.5) is 0 Å². The van der Waals surface area contributed by atoms with Crippen molar-refractivity contribution in [1.29, 1.82) is 0 Å². The number of esters is 1. The fraction of sp³-hybridized carbons (Fsp3) is 0.615. The van der Waals surface area contributed by atoms with Crippen molar-refractivity contribution in [3.05, 3.63) is 21.9 Å². The monoisotopic (exact) mass is 256 g/mol. The molecule has 1 aromatic rings. The van der Waals surface area contributed by atoms with E-state index in [0.29, 0.717) is 6.61 Å². The Morgan fingerprint density at radius 2 is 2.12 bits per heavy atom. The summed E-state index contributed by atoms with van der Waals surface area (Å²) in [5.41, 5.74) is 0.0760. The highest BCUT2D eigenvalue weighted by Gasteiger charge is 2.20. The van der Waals surface area contributed by atoms with Gasteiger partial charge in [0, 0.05) is 9.75 Å². The van der Waals surface area contributed by atoms with Gasteiger partial charge in [-0.25, -0.2) is 0 Å². The van der Waals surface area contributed by atoms with E-state index < -0.39 is 6.10 Å². The lowest BCUT2D eigenvalue weighted by atomic mass is 9.95. The molecule has 0 fully saturated rings. The summed E-state index contributed by atoms with van der Waals surface area (Å²) in [5.74, 6) is -0.356. The van der Waals surface area contributed by atoms with Crippen molar-refractivity contribution in [1.82, 2.24) is 0 Å². The van der Waals surface area contributed by atoms with Gasteiger partial charge in [0.1, 0.15) is 0 Å². The minimum absolute atomic E-state index is 0.0257. The zero-order valence-electron chi connectivity index (χ0n) is 10.8. The first-order valence-corrected chi connectivity index (χ1v) is 6.60. The Bertz CT molecular complexity index is 376. The maximum Gasteiger partial charge on any atom is 0.308 e. The molecule has 0 aliphatic rings. The van der Waals surface area contributed by atoms with E-state index in [2.05, 4.69) is 20.8 Å². The Morgan fingerprint density at radius 1 is 1.47 bits per heavy atom. The number of carbonyl (C=O) groups excluding carboxylic acids is 1. The van der Waals surface area contributed by atoms with Gasteiger partial charge in [-0.3, -0.25) is 4.79 Å². The fourth-order valence-electron chi connectivity index (χ4n) is 1.41. The van der Waals surface area contributed by atoms with Crippen LogP contribution in [0.5, 0.6) is 0 Å². The van der Waals surface area contributed by atoms with Crippen LogP contribution in [0.1, 0.15) is 50.0 Å². The first kappa shape index (κ1) is 14.2. The maximum absolute atomic E-state index is 11.3. The standard InChI is InChI=1S/C13H20O3S/c1-5-16-12(15)8-9(14)10-6-7-11(17-10)13(2,3)4/h6-7,9,14H,5,8H2,1-4H3. The smallest absolute Gasteiger partial charge is 0.308 e. The van der Waals surface area contributed by atoms with Gasteiger partial charge < -0.3 is 9.84 Å². The van der Waals surface area contributed by atoms with E-state index in [4.69, 9.17) is 4.74 Å². The average molecular weight is 256 g/mol. The molecule has 3 nitrogen and oxygen atoms in total. The molecule has 1 atom stereocenters. The Morgan fingerprint density at radius 3 is 2.59 bits per heavy atom. The fourth-order valence-corrected chi connectivity index (χ4v) is 2.47. The molecule has 0 aliphatic heterocycles. The van der Waals surface area contributed by atoms with E-state index in [1.807, 2.05) is 12.1 Å². The second-order valence-corrected chi connectivity index (χ2v) is 6.09. The number of carbonyl (C=O) groups is 1. The van der Waals surface area contributed by atoms with Crippen molar-refractivity contribution in [2.24, 2.45) is 0 Å². The van der Waals surface area contributed by atoms with Gasteiger partial charge in [-0.1, -0.05) is 20.8 Å². The molecular formula is C13H20O3S. The normalized spacial score (nSPS) is 13.5. The van der Waals surface area contributed by atoms with Gasteiger partial charge in [-0.15, -0.1) is 11.3 Å². The third-order valence-corrected chi connectivity index (χ3v) is 3.97. The second kappa shape index (κ2) is 5.65. The van der Waals surface area contributed by atoms with Crippen LogP contribution in [0.2, 0.25) is 0 Å². The van der Waals surface area contributed by atoms with Gasteiger partial charge in [0.2, 0.25) is 0 Å². The summed E-state index contributed by atoms with van der Waals surface area (Å²) in [6.45, 7) is 8.48. The Hall–Kier alpha value is -0.870. The van der Waals surface area contributed by atoms with Crippen molar-refractivity contribution < 1.29 is 14.6 Å². The average Bonchev–Trinajstić information content (AvgIpc) is 2.65. The van der Waals surface area contributed by atoms with Crippen LogP contribution in [0.15, 0.2) is 12.1 Å². The molecule has 1 rings (SSSR count). The SMILES string of the molecule is CCOC(=O)CC(O)c1ccc(C(C)(C)C)s1. The molecule has 1 N–H and O–H groups in total. The zero-order valence-corrected chi connectivity index (χ0v) is 11.6. The maximum atomic E-state index is 11.3. The number of rotatable bonds is 4. The number of aliphatic hydroxyl groups excluding tert-OH is 1. The summed E-state index contributed by atoms with van der Waals surface area (Å²) < 4.78 is 4.81. The van der Waals surface area contributed by atoms with Crippen LogP contribution in [0, 0.1) is 0 Å². The molecule has 0 aliphatic carbocycles. The first-order chi connectivity index (χ1) is 7.84. The lowest BCUT2D eigenvalue weighted by Gasteiger charge is -2.15. The van der Waals surface area contributed by atoms with Gasteiger partial charge in [0.25, 0.3) is 0 Å². The molecular weight excluding hydrogens is 236 g/mol. The molecule has 4 heteroatoms. The highest BCUT2D eigenvalue weighted by Crippen LogP contribution is 2.33. The highest BCUT2D eigenvalue weighted by molar-refractivity contribution is 7.12. The van der Waals surface area contributed by atoms with Crippen molar-refractivity contribution >= 4 is 17.3 Å². The summed E-state index contributed by atoms with van der Waals surface area (Å²) >= 11 is 1.55. The number of aliphatic hydroxyl groups is 1. The minimum Gasteiger partial charge on any atom is -0.466 e. The highest BCUT2D eigenvalue weighted by atomic mass is 32.1. The molecule has 0 spiro atoms. The third-order valence-electron chi connectivity index (χ3n) is 2.36. The van der Waals surface area contributed by atoms with Crippen LogP contribution < -0.4 is 0 Å². The molecule has 0 saturated heterocycles. The van der Waals surface area contributed by atoms with Gasteiger partial charge in [-0.05, 0) is 24.5 Å². The summed E-state index contributed by atoms with van der Waals surface area (Å²) in [6, 6.07) is 3.89. The van der Waals surface area contributed by atoms with Crippen LogP contribution >= 0.6 is 11.3 Å². The lowest BCUT2D eigenvalue weighted by molar-refractivity contribution is -0.145. The Balaban J connectivity index is 2.67. The van der Waals surface area contributed by atoms with Gasteiger partial charge >= 0.3 is 5.97 Å². The quantitative estimate of drug-likeness (QED) is 0.842. The van der Waals surface area contributed by atoms with Gasteiger partial charge in [0.15, 0.2) is 0 Å². The van der Waals surface area contributed by atoms with E-state index in [1.54, 1.807) is 18.3 Å². The summed E-state index contributed by atoms with van der Waals surface area (Å²) in [5, 5.41) is 9.91. The topological polar surface area (TPSA) is 46.5 Å².